The maximum atomic E-state index is 13.6. The summed E-state index contributed by atoms with van der Waals surface area (Å²) >= 11 is 0. The quantitative estimate of drug-likeness (QED) is 0.112. The Morgan fingerprint density at radius 2 is 1.26 bits per heavy atom. The fourth-order valence-corrected chi connectivity index (χ4v) is 8.39. The van der Waals surface area contributed by atoms with Crippen molar-refractivity contribution in [2.45, 2.75) is 95.9 Å². The molecule has 2 N–H and O–H groups in total. The third kappa shape index (κ3) is 8.40. The fourth-order valence-electron chi connectivity index (χ4n) is 7.05. The number of ether oxygens (including phenoxy) is 4. The van der Waals surface area contributed by atoms with E-state index in [0.29, 0.717) is 22.6 Å². The van der Waals surface area contributed by atoms with E-state index < -0.39 is 61.0 Å². The Kier molecular flexibility index (Phi) is 11.8. The lowest BCUT2D eigenvalue weighted by Crippen LogP contribution is -2.52. The summed E-state index contributed by atoms with van der Waals surface area (Å²) in [4.78, 5) is 56.8. The highest BCUT2D eigenvalue weighted by atomic mass is 28.4. The van der Waals surface area contributed by atoms with Crippen molar-refractivity contribution in [1.82, 2.24) is 19.1 Å². The first-order valence-electron chi connectivity index (χ1n) is 19.0. The topological polar surface area (TPSA) is 156 Å². The van der Waals surface area contributed by atoms with Crippen LogP contribution in [-0.4, -0.2) is 60.0 Å². The molecule has 6 rings (SSSR count). The molecule has 13 nitrogen and oxygen atoms in total. The molecule has 0 bridgehead atoms. The molecule has 5 aromatic rings. The van der Waals surface area contributed by atoms with Gasteiger partial charge in [0.15, 0.2) is 8.32 Å². The first-order valence-corrected chi connectivity index (χ1v) is 21.9. The molecule has 0 radical (unpaired) electrons. The van der Waals surface area contributed by atoms with Crippen molar-refractivity contribution in [2.24, 2.45) is 0 Å². The van der Waals surface area contributed by atoms with Crippen LogP contribution in [0, 0.1) is 13.8 Å². The second-order valence-corrected chi connectivity index (χ2v) is 20.8. The van der Waals surface area contributed by atoms with Gasteiger partial charge in [-0.3, -0.25) is 28.7 Å². The summed E-state index contributed by atoms with van der Waals surface area (Å²) in [5.41, 5.74) is -0.620. The van der Waals surface area contributed by atoms with Crippen LogP contribution in [0.3, 0.4) is 0 Å². The summed E-state index contributed by atoms with van der Waals surface area (Å²) in [6, 6.07) is 24.9. The minimum Gasteiger partial charge on any atom is -0.497 e. The van der Waals surface area contributed by atoms with Crippen molar-refractivity contribution in [1.29, 1.82) is 0 Å². The standard InChI is InChI=1S/C43H52N4O9Si/c1-27-24-46(40(50)44-38(27)48)26-35(37-34(56-57(8,9)42(3,4)5)23-36(54-37)47-25-28(2)39(49)45-41(47)51)55-43(29-13-11-10-12-14-29,30-15-19-32(52-6)20-16-30)31-17-21-33(53-7)22-18-31/h10-22,24-25,34-37H,23,26H2,1-9H3,(H,44,48,50)(H,45,49,51)/t34-,35-,36+,37-/m0/s1. The van der Waals surface area contributed by atoms with Crippen LogP contribution < -0.4 is 32.0 Å². The van der Waals surface area contributed by atoms with Gasteiger partial charge in [-0.2, -0.15) is 0 Å². The molecule has 3 aromatic carbocycles. The van der Waals surface area contributed by atoms with Crippen LogP contribution in [-0.2, 0) is 26.0 Å². The zero-order chi connectivity index (χ0) is 41.3. The van der Waals surface area contributed by atoms with Crippen LogP contribution in [0.4, 0.5) is 0 Å². The zero-order valence-corrected chi connectivity index (χ0v) is 35.0. The lowest BCUT2D eigenvalue weighted by Gasteiger charge is -2.43. The number of hydrogen-bond acceptors (Lipinski definition) is 9. The number of H-pyrrole nitrogens is 2. The molecule has 0 saturated carbocycles. The molecule has 0 amide bonds. The van der Waals surface area contributed by atoms with Crippen molar-refractivity contribution in [3.8, 4) is 11.5 Å². The monoisotopic (exact) mass is 796 g/mol. The second kappa shape index (κ2) is 16.3. The molecular weight excluding hydrogens is 745 g/mol. The Balaban J connectivity index is 1.62. The smallest absolute Gasteiger partial charge is 0.330 e. The predicted molar refractivity (Wildman–Crippen MR) is 220 cm³/mol. The highest BCUT2D eigenvalue weighted by molar-refractivity contribution is 6.74. The third-order valence-corrected chi connectivity index (χ3v) is 15.8. The Morgan fingerprint density at radius 3 is 1.79 bits per heavy atom. The van der Waals surface area contributed by atoms with Crippen molar-refractivity contribution < 1.29 is 23.4 Å². The van der Waals surface area contributed by atoms with Gasteiger partial charge >= 0.3 is 11.4 Å². The van der Waals surface area contributed by atoms with Crippen molar-refractivity contribution >= 4 is 8.32 Å². The largest absolute Gasteiger partial charge is 0.497 e. The lowest BCUT2D eigenvalue weighted by molar-refractivity contribution is -0.148. The Hall–Kier alpha value is -5.28. The van der Waals surface area contributed by atoms with Gasteiger partial charge in [0.05, 0.1) is 26.9 Å². The molecule has 1 fully saturated rings. The molecule has 1 saturated heterocycles. The number of nitrogens with zero attached hydrogens (tertiary/aromatic N) is 2. The van der Waals surface area contributed by atoms with Crippen molar-refractivity contribution in [3.05, 3.63) is 161 Å². The SMILES string of the molecule is COc1ccc(C(O[C@@H](Cn2cc(C)c(=O)[nH]c2=O)[C@H]2O[C@@H](n3cc(C)c(=O)[nH]c3=O)C[C@@H]2O[Si](C)(C)C(C)(C)C)(c2ccccc2)c2ccc(OC)cc2)cc1. The lowest BCUT2D eigenvalue weighted by atomic mass is 9.79. The van der Waals surface area contributed by atoms with E-state index in [4.69, 9.17) is 23.4 Å². The molecule has 302 valence electrons. The molecule has 2 aromatic heterocycles. The van der Waals surface area contributed by atoms with Gasteiger partial charge in [0.1, 0.15) is 35.5 Å². The van der Waals surface area contributed by atoms with E-state index >= 15 is 0 Å². The maximum Gasteiger partial charge on any atom is 0.330 e. The van der Waals surface area contributed by atoms with Gasteiger partial charge in [0.2, 0.25) is 0 Å². The van der Waals surface area contributed by atoms with Gasteiger partial charge in [0.25, 0.3) is 11.1 Å². The summed E-state index contributed by atoms with van der Waals surface area (Å²) in [5.74, 6) is 1.29. The number of benzene rings is 3. The molecule has 0 aliphatic carbocycles. The molecule has 4 atom stereocenters. The van der Waals surface area contributed by atoms with Crippen molar-refractivity contribution in [2.75, 3.05) is 14.2 Å². The van der Waals surface area contributed by atoms with Crippen molar-refractivity contribution in [3.63, 3.8) is 0 Å². The molecule has 0 spiro atoms. The first kappa shape index (κ1) is 41.4. The minimum atomic E-state index is -2.54. The molecule has 14 heteroatoms. The van der Waals surface area contributed by atoms with Gasteiger partial charge < -0.3 is 23.4 Å². The Morgan fingerprint density at radius 1 is 0.754 bits per heavy atom. The van der Waals surface area contributed by atoms with Gasteiger partial charge in [-0.15, -0.1) is 0 Å². The Bertz CT molecular complexity index is 2370. The number of rotatable bonds is 13. The number of aromatic amines is 2. The number of hydrogen-bond donors (Lipinski definition) is 2. The minimum absolute atomic E-state index is 0.0777. The molecule has 3 heterocycles. The van der Waals surface area contributed by atoms with Crippen LogP contribution >= 0.6 is 0 Å². The van der Waals surface area contributed by atoms with E-state index in [2.05, 4.69) is 43.8 Å². The van der Waals surface area contributed by atoms with Crippen LogP contribution in [0.25, 0.3) is 0 Å². The summed E-state index contributed by atoms with van der Waals surface area (Å²) in [5, 5.41) is -0.204. The zero-order valence-electron chi connectivity index (χ0n) is 34.0. The van der Waals surface area contributed by atoms with E-state index in [1.165, 1.54) is 21.5 Å². The average Bonchev–Trinajstić information content (AvgIpc) is 3.59. The van der Waals surface area contributed by atoms with Crippen LogP contribution in [0.2, 0.25) is 18.1 Å². The average molecular weight is 797 g/mol. The van der Waals surface area contributed by atoms with Crippen LogP contribution in [0.15, 0.2) is 110 Å². The third-order valence-electron chi connectivity index (χ3n) is 11.3. The number of aromatic nitrogens is 4. The Labute approximate surface area is 332 Å². The highest BCUT2D eigenvalue weighted by Gasteiger charge is 2.51. The van der Waals surface area contributed by atoms with E-state index in [1.807, 2.05) is 78.9 Å². The predicted octanol–water partition coefficient (Wildman–Crippen LogP) is 5.78. The molecular formula is C43H52N4O9Si. The van der Waals surface area contributed by atoms with E-state index in [9.17, 15) is 19.2 Å². The van der Waals surface area contributed by atoms with Gasteiger partial charge in [-0.25, -0.2) is 9.59 Å². The van der Waals surface area contributed by atoms with Gasteiger partial charge in [0, 0.05) is 29.9 Å². The number of nitrogens with one attached hydrogen (secondary N) is 2. The molecule has 1 aliphatic rings. The van der Waals surface area contributed by atoms with Crippen LogP contribution in [0.5, 0.6) is 11.5 Å². The fraction of sp³-hybridized carbons (Fsp3) is 0.395. The van der Waals surface area contributed by atoms with Gasteiger partial charge in [-0.05, 0) is 72.9 Å². The summed E-state index contributed by atoms with van der Waals surface area (Å²) in [7, 11) is 0.667. The maximum absolute atomic E-state index is 13.6. The molecule has 0 unspecified atom stereocenters. The van der Waals surface area contributed by atoms with Crippen LogP contribution in [0.1, 0.15) is 61.2 Å². The first-order chi connectivity index (χ1) is 27.0. The van der Waals surface area contributed by atoms with E-state index in [-0.39, 0.29) is 18.0 Å². The highest BCUT2D eigenvalue weighted by Crippen LogP contribution is 2.46. The normalized spacial score (nSPS) is 18.0. The summed E-state index contributed by atoms with van der Waals surface area (Å²) in [6.07, 6.45) is -0.119. The van der Waals surface area contributed by atoms with E-state index in [0.717, 1.165) is 16.7 Å². The van der Waals surface area contributed by atoms with Gasteiger partial charge in [-0.1, -0.05) is 75.4 Å². The molecule has 1 aliphatic heterocycles. The van der Waals surface area contributed by atoms with E-state index in [1.54, 1.807) is 28.1 Å². The molecule has 57 heavy (non-hydrogen) atoms. The number of aryl methyl sites for hydroxylation is 2. The second-order valence-electron chi connectivity index (χ2n) is 16.1. The summed E-state index contributed by atoms with van der Waals surface area (Å²) < 4.78 is 35.7. The summed E-state index contributed by atoms with van der Waals surface area (Å²) in [6.45, 7) is 13.9. The number of methoxy groups -OCH3 is 2.